The number of hydrogen-bond donors (Lipinski definition) is 0. The molecule has 3 atom stereocenters. The number of benzene rings is 1. The maximum atomic E-state index is 11.4. The van der Waals surface area contributed by atoms with Gasteiger partial charge in [0.2, 0.25) is 0 Å². The summed E-state index contributed by atoms with van der Waals surface area (Å²) < 4.78 is 23.1. The second-order valence-electron chi connectivity index (χ2n) is 7.49. The van der Waals surface area contributed by atoms with E-state index in [9.17, 15) is 4.79 Å². The van der Waals surface area contributed by atoms with E-state index in [-0.39, 0.29) is 23.2 Å². The highest BCUT2D eigenvalue weighted by Gasteiger charge is 2.52. The largest absolute Gasteiger partial charge is 0.466 e. The predicted octanol–water partition coefficient (Wildman–Crippen LogP) is 3.34. The molecule has 1 aliphatic carbocycles. The Hall–Kier alpha value is -1.69. The number of rotatable bonds is 7. The summed E-state index contributed by atoms with van der Waals surface area (Å²) in [5.74, 6) is -0.917. The Morgan fingerprint density at radius 1 is 1.19 bits per heavy atom. The maximum absolute atomic E-state index is 11.4. The van der Waals surface area contributed by atoms with Gasteiger partial charge < -0.3 is 18.9 Å². The van der Waals surface area contributed by atoms with Gasteiger partial charge in [-0.1, -0.05) is 49.4 Å². The summed E-state index contributed by atoms with van der Waals surface area (Å²) in [6.45, 7) is 8.12. The second kappa shape index (κ2) is 7.91. The molecule has 0 aromatic heterocycles. The predicted molar refractivity (Wildman–Crippen MR) is 97.3 cm³/mol. The number of carbonyl (C=O) groups is 1. The lowest BCUT2D eigenvalue weighted by Crippen LogP contribution is -2.44. The molecule has 0 spiro atoms. The number of ether oxygens (including phenoxy) is 4. The molecule has 5 nitrogen and oxygen atoms in total. The molecule has 0 bridgehead atoms. The quantitative estimate of drug-likeness (QED) is 0.551. The summed E-state index contributed by atoms with van der Waals surface area (Å²) in [5.41, 5.74) is 0.883. The second-order valence-corrected chi connectivity index (χ2v) is 7.49. The van der Waals surface area contributed by atoms with E-state index in [1.807, 2.05) is 37.3 Å². The number of carbonyl (C=O) groups excluding carboxylic acids is 1. The fourth-order valence-corrected chi connectivity index (χ4v) is 3.87. The molecule has 0 unspecified atom stereocenters. The van der Waals surface area contributed by atoms with Gasteiger partial charge in [-0.25, -0.2) is 0 Å². The van der Waals surface area contributed by atoms with Gasteiger partial charge in [0.15, 0.2) is 5.79 Å². The van der Waals surface area contributed by atoms with Crippen LogP contribution in [0.1, 0.15) is 26.3 Å². The minimum atomic E-state index is -0.682. The van der Waals surface area contributed by atoms with E-state index in [2.05, 4.69) is 19.1 Å². The minimum Gasteiger partial charge on any atom is -0.466 e. The van der Waals surface area contributed by atoms with Crippen LogP contribution in [-0.2, 0) is 30.3 Å². The van der Waals surface area contributed by atoms with Gasteiger partial charge in [-0.2, -0.15) is 0 Å². The number of esters is 1. The first-order valence-corrected chi connectivity index (χ1v) is 9.15. The Bertz CT molecular complexity index is 635. The molecule has 1 aliphatic heterocycles. The summed E-state index contributed by atoms with van der Waals surface area (Å²) in [5, 5.41) is 0. The normalized spacial score (nSPS) is 29.8. The van der Waals surface area contributed by atoms with Gasteiger partial charge in [0.05, 0.1) is 33.0 Å². The first-order valence-electron chi connectivity index (χ1n) is 9.15. The lowest BCUT2D eigenvalue weighted by molar-refractivity contribution is -0.193. The molecule has 0 radical (unpaired) electrons. The molecule has 26 heavy (non-hydrogen) atoms. The van der Waals surface area contributed by atoms with Crippen molar-refractivity contribution in [3.05, 3.63) is 48.0 Å². The van der Waals surface area contributed by atoms with Crippen molar-refractivity contribution in [3.63, 3.8) is 0 Å². The molecule has 0 amide bonds. The summed E-state index contributed by atoms with van der Waals surface area (Å²) in [4.78, 5) is 11.4. The Morgan fingerprint density at radius 2 is 1.88 bits per heavy atom. The van der Waals surface area contributed by atoms with Crippen LogP contribution in [0.5, 0.6) is 0 Å². The molecular weight excluding hydrogens is 332 g/mol. The molecule has 1 heterocycles. The van der Waals surface area contributed by atoms with Crippen molar-refractivity contribution < 1.29 is 23.7 Å². The van der Waals surface area contributed by atoms with E-state index in [0.29, 0.717) is 33.0 Å². The molecular formula is C21H28O5. The van der Waals surface area contributed by atoms with Gasteiger partial charge in [-0.05, 0) is 12.5 Å². The van der Waals surface area contributed by atoms with E-state index < -0.39 is 5.79 Å². The van der Waals surface area contributed by atoms with Gasteiger partial charge >= 0.3 is 5.97 Å². The van der Waals surface area contributed by atoms with Crippen molar-refractivity contribution in [2.75, 3.05) is 26.4 Å². The molecule has 3 rings (SSSR count). The molecule has 1 aromatic carbocycles. The topological polar surface area (TPSA) is 54.0 Å². The van der Waals surface area contributed by atoms with Crippen LogP contribution in [0.3, 0.4) is 0 Å². The van der Waals surface area contributed by atoms with Crippen LogP contribution in [0, 0.1) is 17.3 Å². The molecule has 0 N–H and O–H groups in total. The van der Waals surface area contributed by atoms with E-state index in [1.165, 1.54) is 6.92 Å². The highest BCUT2D eigenvalue weighted by molar-refractivity contribution is 5.65. The third-order valence-corrected chi connectivity index (χ3v) is 5.42. The molecule has 1 saturated heterocycles. The van der Waals surface area contributed by atoms with Gasteiger partial charge in [-0.15, -0.1) is 0 Å². The van der Waals surface area contributed by atoms with Gasteiger partial charge in [-0.3, -0.25) is 4.79 Å². The standard InChI is InChI=1S/C21H28O5/c1-16(22)24-14-19-18(21(3)25-11-12-26-21)9-10-20(19,2)15-23-13-17-7-5-4-6-8-17/h4-10,18-19H,11-15H2,1-3H3/t18-,19+,20-/m0/s1. The Balaban J connectivity index is 1.68. The van der Waals surface area contributed by atoms with E-state index in [0.717, 1.165) is 5.56 Å². The van der Waals surface area contributed by atoms with Crippen molar-refractivity contribution in [1.29, 1.82) is 0 Å². The lowest BCUT2D eigenvalue weighted by Gasteiger charge is -2.39. The van der Waals surface area contributed by atoms with Crippen molar-refractivity contribution in [1.82, 2.24) is 0 Å². The van der Waals surface area contributed by atoms with Gasteiger partial charge in [0.25, 0.3) is 0 Å². The van der Waals surface area contributed by atoms with Crippen LogP contribution >= 0.6 is 0 Å². The molecule has 1 fully saturated rings. The smallest absolute Gasteiger partial charge is 0.302 e. The van der Waals surface area contributed by atoms with E-state index in [1.54, 1.807) is 0 Å². The van der Waals surface area contributed by atoms with Crippen LogP contribution in [0.15, 0.2) is 42.5 Å². The van der Waals surface area contributed by atoms with Crippen LogP contribution in [0.4, 0.5) is 0 Å². The first-order chi connectivity index (χ1) is 12.4. The summed E-state index contributed by atoms with van der Waals surface area (Å²) >= 11 is 0. The molecule has 2 aliphatic rings. The zero-order valence-corrected chi connectivity index (χ0v) is 15.8. The lowest BCUT2D eigenvalue weighted by atomic mass is 9.74. The SMILES string of the molecule is CC(=O)OC[C@@H]1[C@@H](C2(C)OCCO2)C=C[C@@]1(C)COCc1ccccc1. The van der Waals surface area contributed by atoms with E-state index >= 15 is 0 Å². The van der Waals surface area contributed by atoms with Gasteiger partial charge in [0.1, 0.15) is 0 Å². The monoisotopic (exact) mass is 360 g/mol. The van der Waals surface area contributed by atoms with Crippen molar-refractivity contribution in [2.45, 2.75) is 33.2 Å². The highest BCUT2D eigenvalue weighted by atomic mass is 16.7. The third-order valence-electron chi connectivity index (χ3n) is 5.42. The first kappa shape index (κ1) is 19.1. The highest BCUT2D eigenvalue weighted by Crippen LogP contribution is 2.48. The average Bonchev–Trinajstić information content (AvgIpc) is 3.19. The third kappa shape index (κ3) is 4.17. The maximum Gasteiger partial charge on any atom is 0.302 e. The van der Waals surface area contributed by atoms with Gasteiger partial charge in [0, 0.05) is 24.2 Å². The van der Waals surface area contributed by atoms with Crippen LogP contribution in [-0.4, -0.2) is 38.2 Å². The van der Waals surface area contributed by atoms with Crippen LogP contribution < -0.4 is 0 Å². The molecule has 142 valence electrons. The summed E-state index contributed by atoms with van der Waals surface area (Å²) in [6.07, 6.45) is 4.29. The zero-order valence-electron chi connectivity index (χ0n) is 15.8. The number of hydrogen-bond acceptors (Lipinski definition) is 5. The van der Waals surface area contributed by atoms with Crippen molar-refractivity contribution in [2.24, 2.45) is 17.3 Å². The Morgan fingerprint density at radius 3 is 2.54 bits per heavy atom. The summed E-state index contributed by atoms with van der Waals surface area (Å²) in [6, 6.07) is 10.1. The fourth-order valence-electron chi connectivity index (χ4n) is 3.87. The van der Waals surface area contributed by atoms with Crippen molar-refractivity contribution in [3.8, 4) is 0 Å². The fraction of sp³-hybridized carbons (Fsp3) is 0.571. The van der Waals surface area contributed by atoms with Crippen molar-refractivity contribution >= 4 is 5.97 Å². The van der Waals surface area contributed by atoms with Crippen LogP contribution in [0.25, 0.3) is 0 Å². The minimum absolute atomic E-state index is 0.00896. The zero-order chi connectivity index (χ0) is 18.6. The average molecular weight is 360 g/mol. The van der Waals surface area contributed by atoms with Crippen LogP contribution in [0.2, 0.25) is 0 Å². The molecule has 1 aromatic rings. The Kier molecular flexibility index (Phi) is 5.80. The van der Waals surface area contributed by atoms with E-state index in [4.69, 9.17) is 18.9 Å². The summed E-state index contributed by atoms with van der Waals surface area (Å²) in [7, 11) is 0. The Labute approximate surface area is 155 Å². The molecule has 5 heteroatoms. The molecule has 0 saturated carbocycles.